The van der Waals surface area contributed by atoms with E-state index in [0.29, 0.717) is 6.61 Å². The van der Waals surface area contributed by atoms with Gasteiger partial charge in [-0.2, -0.15) is 5.26 Å². The predicted molar refractivity (Wildman–Crippen MR) is 41.8 cm³/mol. The first-order chi connectivity index (χ1) is 5.77. The van der Waals surface area contributed by atoms with Crippen molar-refractivity contribution in [3.05, 3.63) is 35.1 Å². The van der Waals surface area contributed by atoms with Crippen molar-refractivity contribution in [2.75, 3.05) is 7.11 Å². The Balaban J connectivity index is 2.96. The number of benzene rings is 1. The lowest BCUT2D eigenvalue weighted by atomic mass is 10.1. The van der Waals surface area contributed by atoms with Crippen LogP contribution in [0.4, 0.5) is 4.39 Å². The third kappa shape index (κ3) is 1.80. The largest absolute Gasteiger partial charge is 0.380 e. The molecule has 0 aliphatic rings. The van der Waals surface area contributed by atoms with E-state index in [1.807, 2.05) is 0 Å². The molecule has 0 aliphatic carbocycles. The van der Waals surface area contributed by atoms with Gasteiger partial charge >= 0.3 is 0 Å². The Morgan fingerprint density at radius 3 is 2.83 bits per heavy atom. The van der Waals surface area contributed by atoms with Crippen LogP contribution in [0.1, 0.15) is 11.1 Å². The molecule has 1 rings (SSSR count). The molecule has 0 unspecified atom stereocenters. The number of halogens is 1. The predicted octanol–water partition coefficient (Wildman–Crippen LogP) is 1.84. The third-order valence-electron chi connectivity index (χ3n) is 1.46. The normalized spacial score (nSPS) is 9.42. The van der Waals surface area contributed by atoms with Gasteiger partial charge in [-0.25, -0.2) is 4.39 Å². The van der Waals surface area contributed by atoms with E-state index in [0.717, 1.165) is 5.56 Å². The maximum Gasteiger partial charge on any atom is 0.141 e. The van der Waals surface area contributed by atoms with Crippen LogP contribution in [0.5, 0.6) is 0 Å². The van der Waals surface area contributed by atoms with E-state index >= 15 is 0 Å². The standard InChI is InChI=1S/C9H8FNO/c1-12-6-7-2-3-8(5-11)9(10)4-7/h2-4H,6H2,1H3. The van der Waals surface area contributed by atoms with Gasteiger partial charge in [-0.15, -0.1) is 0 Å². The van der Waals surface area contributed by atoms with Gasteiger partial charge in [0.25, 0.3) is 0 Å². The molecule has 0 heterocycles. The first-order valence-electron chi connectivity index (χ1n) is 3.45. The highest BCUT2D eigenvalue weighted by Crippen LogP contribution is 2.09. The van der Waals surface area contributed by atoms with Gasteiger partial charge < -0.3 is 4.74 Å². The SMILES string of the molecule is COCc1ccc(C#N)c(F)c1. The molecule has 0 saturated carbocycles. The first kappa shape index (κ1) is 8.69. The molecule has 3 heteroatoms. The highest BCUT2D eigenvalue weighted by Gasteiger charge is 2.01. The lowest BCUT2D eigenvalue weighted by Gasteiger charge is -1.99. The van der Waals surface area contributed by atoms with Crippen molar-refractivity contribution in [2.45, 2.75) is 6.61 Å². The molecular weight excluding hydrogens is 157 g/mol. The molecule has 2 nitrogen and oxygen atoms in total. The second kappa shape index (κ2) is 3.84. The van der Waals surface area contributed by atoms with Crippen molar-refractivity contribution >= 4 is 0 Å². The van der Waals surface area contributed by atoms with Crippen LogP contribution in [0.2, 0.25) is 0 Å². The van der Waals surface area contributed by atoms with E-state index in [-0.39, 0.29) is 5.56 Å². The molecule has 1 aromatic carbocycles. The maximum atomic E-state index is 12.9. The summed E-state index contributed by atoms with van der Waals surface area (Å²) >= 11 is 0. The lowest BCUT2D eigenvalue weighted by molar-refractivity contribution is 0.184. The molecule has 62 valence electrons. The second-order valence-electron chi connectivity index (χ2n) is 2.36. The van der Waals surface area contributed by atoms with Gasteiger partial charge in [0.05, 0.1) is 12.2 Å². The Morgan fingerprint density at radius 1 is 1.58 bits per heavy atom. The third-order valence-corrected chi connectivity index (χ3v) is 1.46. The van der Waals surface area contributed by atoms with Crippen molar-refractivity contribution in [3.8, 4) is 6.07 Å². The molecule has 0 aromatic heterocycles. The molecule has 0 bridgehead atoms. The van der Waals surface area contributed by atoms with Crippen LogP contribution in [-0.2, 0) is 11.3 Å². The smallest absolute Gasteiger partial charge is 0.141 e. The Labute approximate surface area is 70.2 Å². The fraction of sp³-hybridized carbons (Fsp3) is 0.222. The Hall–Kier alpha value is -1.40. The Bertz CT molecular complexity index is 317. The van der Waals surface area contributed by atoms with Crippen LogP contribution < -0.4 is 0 Å². The summed E-state index contributed by atoms with van der Waals surface area (Å²) in [5.74, 6) is -0.493. The average molecular weight is 165 g/mol. The fourth-order valence-corrected chi connectivity index (χ4v) is 0.906. The Kier molecular flexibility index (Phi) is 2.78. The van der Waals surface area contributed by atoms with Crippen molar-refractivity contribution in [1.82, 2.24) is 0 Å². The van der Waals surface area contributed by atoms with Crippen LogP contribution in [0, 0.1) is 17.1 Å². The highest BCUT2D eigenvalue weighted by molar-refractivity contribution is 5.33. The Morgan fingerprint density at radius 2 is 2.33 bits per heavy atom. The van der Waals surface area contributed by atoms with E-state index in [2.05, 4.69) is 0 Å². The van der Waals surface area contributed by atoms with Gasteiger partial charge in [0.1, 0.15) is 11.9 Å². The van der Waals surface area contributed by atoms with E-state index in [1.165, 1.54) is 19.2 Å². The van der Waals surface area contributed by atoms with Gasteiger partial charge in [0.15, 0.2) is 0 Å². The minimum atomic E-state index is -0.493. The maximum absolute atomic E-state index is 12.9. The minimum absolute atomic E-state index is 0.0647. The summed E-state index contributed by atoms with van der Waals surface area (Å²) in [7, 11) is 1.54. The van der Waals surface area contributed by atoms with Crippen LogP contribution in [-0.4, -0.2) is 7.11 Å². The van der Waals surface area contributed by atoms with Crippen molar-refractivity contribution in [1.29, 1.82) is 5.26 Å². The molecule has 0 N–H and O–H groups in total. The summed E-state index contributed by atoms with van der Waals surface area (Å²) < 4.78 is 17.7. The summed E-state index contributed by atoms with van der Waals surface area (Å²) in [5, 5.41) is 8.42. The van der Waals surface area contributed by atoms with Crippen molar-refractivity contribution in [3.63, 3.8) is 0 Å². The molecule has 0 fully saturated rings. The summed E-state index contributed by atoms with van der Waals surface area (Å²) in [6, 6.07) is 6.18. The molecule has 0 amide bonds. The zero-order valence-corrected chi connectivity index (χ0v) is 6.67. The summed E-state index contributed by atoms with van der Waals surface area (Å²) in [6.07, 6.45) is 0. The van der Waals surface area contributed by atoms with E-state index in [1.54, 1.807) is 12.1 Å². The molecule has 12 heavy (non-hydrogen) atoms. The van der Waals surface area contributed by atoms with Gasteiger partial charge in [-0.05, 0) is 17.7 Å². The molecule has 0 radical (unpaired) electrons. The van der Waals surface area contributed by atoms with Crippen molar-refractivity contribution in [2.24, 2.45) is 0 Å². The first-order valence-corrected chi connectivity index (χ1v) is 3.45. The van der Waals surface area contributed by atoms with Gasteiger partial charge in [0.2, 0.25) is 0 Å². The summed E-state index contributed by atoms with van der Waals surface area (Å²) in [5.41, 5.74) is 0.795. The number of ether oxygens (including phenoxy) is 1. The van der Waals surface area contributed by atoms with E-state index in [4.69, 9.17) is 10.00 Å². The molecule has 0 aliphatic heterocycles. The molecule has 0 saturated heterocycles. The second-order valence-corrected chi connectivity index (χ2v) is 2.36. The monoisotopic (exact) mass is 165 g/mol. The minimum Gasteiger partial charge on any atom is -0.380 e. The lowest BCUT2D eigenvalue weighted by Crippen LogP contribution is -1.90. The summed E-state index contributed by atoms with van der Waals surface area (Å²) in [6.45, 7) is 0.364. The van der Waals surface area contributed by atoms with Gasteiger partial charge in [0, 0.05) is 7.11 Å². The number of rotatable bonds is 2. The van der Waals surface area contributed by atoms with Crippen LogP contribution in [0.25, 0.3) is 0 Å². The molecular formula is C9H8FNO. The number of methoxy groups -OCH3 is 1. The van der Waals surface area contributed by atoms with E-state index in [9.17, 15) is 4.39 Å². The fourth-order valence-electron chi connectivity index (χ4n) is 0.906. The number of hydrogen-bond donors (Lipinski definition) is 0. The van der Waals surface area contributed by atoms with Gasteiger partial charge in [-0.1, -0.05) is 6.07 Å². The highest BCUT2D eigenvalue weighted by atomic mass is 19.1. The van der Waals surface area contributed by atoms with Gasteiger partial charge in [-0.3, -0.25) is 0 Å². The molecule has 1 aromatic rings. The number of nitriles is 1. The number of nitrogens with zero attached hydrogens (tertiary/aromatic N) is 1. The zero-order chi connectivity index (χ0) is 8.97. The summed E-state index contributed by atoms with van der Waals surface area (Å²) in [4.78, 5) is 0. The zero-order valence-electron chi connectivity index (χ0n) is 6.67. The van der Waals surface area contributed by atoms with Crippen LogP contribution >= 0.6 is 0 Å². The topological polar surface area (TPSA) is 33.0 Å². The average Bonchev–Trinajstić information content (AvgIpc) is 2.05. The van der Waals surface area contributed by atoms with E-state index < -0.39 is 5.82 Å². The molecule has 0 atom stereocenters. The van der Waals surface area contributed by atoms with Crippen LogP contribution in [0.3, 0.4) is 0 Å². The molecule has 0 spiro atoms. The van der Waals surface area contributed by atoms with Crippen LogP contribution in [0.15, 0.2) is 18.2 Å². The van der Waals surface area contributed by atoms with Crippen molar-refractivity contribution < 1.29 is 9.13 Å². The number of hydrogen-bond acceptors (Lipinski definition) is 2. The quantitative estimate of drug-likeness (QED) is 0.669.